The molecule has 0 radical (unpaired) electrons. The van der Waals surface area contributed by atoms with Crippen LogP contribution in [0, 0.1) is 0 Å². The van der Waals surface area contributed by atoms with Gasteiger partial charge >= 0.3 is 0 Å². The van der Waals surface area contributed by atoms with Crippen LogP contribution < -0.4 is 0 Å². The molecule has 1 N–H and O–H groups in total. The third kappa shape index (κ3) is 3.07. The summed E-state index contributed by atoms with van der Waals surface area (Å²) in [6, 6.07) is 0. The zero-order valence-corrected chi connectivity index (χ0v) is 11.1. The van der Waals surface area contributed by atoms with Crippen molar-refractivity contribution in [2.75, 3.05) is 0 Å². The summed E-state index contributed by atoms with van der Waals surface area (Å²) in [5.41, 5.74) is 0.354. The van der Waals surface area contributed by atoms with Crippen molar-refractivity contribution in [3.8, 4) is 0 Å². The predicted molar refractivity (Wildman–Crippen MR) is 65.7 cm³/mol. The molecule has 3 heteroatoms. The summed E-state index contributed by atoms with van der Waals surface area (Å²) < 4.78 is 1.03. The highest BCUT2D eigenvalue weighted by atomic mass is 79.9. The van der Waals surface area contributed by atoms with E-state index in [1.807, 2.05) is 17.7 Å². The van der Waals surface area contributed by atoms with Crippen molar-refractivity contribution < 1.29 is 5.11 Å². The molecule has 1 aromatic heterocycles. The maximum absolute atomic E-state index is 10.3. The van der Waals surface area contributed by atoms with Gasteiger partial charge in [-0.2, -0.15) is 11.3 Å². The van der Waals surface area contributed by atoms with Crippen LogP contribution in [-0.2, 0) is 5.60 Å². The summed E-state index contributed by atoms with van der Waals surface area (Å²) >= 11 is 5.09. The molecule has 80 valence electrons. The molecule has 0 bridgehead atoms. The van der Waals surface area contributed by atoms with Gasteiger partial charge in [-0.1, -0.05) is 26.2 Å². The van der Waals surface area contributed by atoms with Crippen LogP contribution in [0.1, 0.15) is 45.1 Å². The first kappa shape index (κ1) is 12.2. The van der Waals surface area contributed by atoms with Crippen LogP contribution >= 0.6 is 27.3 Å². The van der Waals surface area contributed by atoms with E-state index in [0.717, 1.165) is 22.9 Å². The van der Waals surface area contributed by atoms with E-state index >= 15 is 0 Å². The van der Waals surface area contributed by atoms with Crippen molar-refractivity contribution in [2.24, 2.45) is 0 Å². The molecule has 1 nitrogen and oxygen atoms in total. The highest BCUT2D eigenvalue weighted by molar-refractivity contribution is 9.10. The fourth-order valence-corrected chi connectivity index (χ4v) is 3.37. The van der Waals surface area contributed by atoms with E-state index in [9.17, 15) is 5.11 Å². The van der Waals surface area contributed by atoms with Crippen LogP contribution in [0.25, 0.3) is 0 Å². The summed E-state index contributed by atoms with van der Waals surface area (Å²) in [5, 5.41) is 14.3. The fourth-order valence-electron chi connectivity index (χ4n) is 1.52. The average molecular weight is 277 g/mol. The van der Waals surface area contributed by atoms with Gasteiger partial charge in [-0.25, -0.2) is 0 Å². The van der Waals surface area contributed by atoms with Crippen LogP contribution in [0.15, 0.2) is 15.2 Å². The molecule has 0 aromatic carbocycles. The Morgan fingerprint density at radius 2 is 2.14 bits per heavy atom. The molecule has 1 aromatic rings. The molecule has 0 fully saturated rings. The highest BCUT2D eigenvalue weighted by Gasteiger charge is 2.25. The Morgan fingerprint density at radius 3 is 2.64 bits per heavy atom. The first-order chi connectivity index (χ1) is 6.58. The molecule has 1 unspecified atom stereocenters. The van der Waals surface area contributed by atoms with E-state index in [1.165, 1.54) is 12.8 Å². The van der Waals surface area contributed by atoms with Crippen molar-refractivity contribution in [1.29, 1.82) is 0 Å². The molecule has 0 saturated carbocycles. The average Bonchev–Trinajstić information content (AvgIpc) is 2.52. The van der Waals surface area contributed by atoms with E-state index in [1.54, 1.807) is 11.3 Å². The minimum Gasteiger partial charge on any atom is -0.385 e. The zero-order valence-electron chi connectivity index (χ0n) is 8.72. The van der Waals surface area contributed by atoms with Gasteiger partial charge in [-0.3, -0.25) is 0 Å². The Bertz CT molecular complexity index is 281. The molecule has 0 spiro atoms. The summed E-state index contributed by atoms with van der Waals surface area (Å²) in [5.74, 6) is 0. The van der Waals surface area contributed by atoms with Crippen molar-refractivity contribution in [1.82, 2.24) is 0 Å². The monoisotopic (exact) mass is 276 g/mol. The second-order valence-electron chi connectivity index (χ2n) is 3.86. The second kappa shape index (κ2) is 5.29. The van der Waals surface area contributed by atoms with Crippen molar-refractivity contribution >= 4 is 27.3 Å². The largest absolute Gasteiger partial charge is 0.385 e. The van der Waals surface area contributed by atoms with E-state index < -0.39 is 5.60 Å². The van der Waals surface area contributed by atoms with Gasteiger partial charge in [-0.15, -0.1) is 0 Å². The molecule has 0 saturated heterocycles. The molecule has 0 aliphatic heterocycles. The van der Waals surface area contributed by atoms with Gasteiger partial charge in [0.25, 0.3) is 0 Å². The van der Waals surface area contributed by atoms with Gasteiger partial charge < -0.3 is 5.11 Å². The van der Waals surface area contributed by atoms with E-state index in [-0.39, 0.29) is 0 Å². The lowest BCUT2D eigenvalue weighted by Gasteiger charge is -2.23. The number of unbranched alkanes of at least 4 members (excludes halogenated alkanes) is 2. The molecule has 0 aliphatic carbocycles. The Morgan fingerprint density at radius 1 is 1.43 bits per heavy atom. The number of aliphatic hydroxyl groups is 1. The van der Waals surface area contributed by atoms with Crippen molar-refractivity contribution in [2.45, 2.75) is 45.1 Å². The number of halogens is 1. The van der Waals surface area contributed by atoms with Crippen LogP contribution in [-0.4, -0.2) is 5.11 Å². The Kier molecular flexibility index (Phi) is 4.61. The van der Waals surface area contributed by atoms with Crippen LogP contribution in [0.3, 0.4) is 0 Å². The summed E-state index contributed by atoms with van der Waals surface area (Å²) in [6.45, 7) is 4.07. The quantitative estimate of drug-likeness (QED) is 0.796. The molecule has 0 aliphatic rings. The van der Waals surface area contributed by atoms with E-state index in [2.05, 4.69) is 22.9 Å². The third-order valence-corrected chi connectivity index (χ3v) is 4.16. The van der Waals surface area contributed by atoms with E-state index in [4.69, 9.17) is 0 Å². The summed E-state index contributed by atoms with van der Waals surface area (Å²) in [6.07, 6.45) is 4.32. The summed E-state index contributed by atoms with van der Waals surface area (Å²) in [7, 11) is 0. The van der Waals surface area contributed by atoms with Gasteiger partial charge in [0, 0.05) is 15.4 Å². The number of hydrogen-bond acceptors (Lipinski definition) is 2. The molecule has 1 atom stereocenters. The smallest absolute Gasteiger partial charge is 0.0887 e. The maximum atomic E-state index is 10.3. The molecule has 0 amide bonds. The Hall–Kier alpha value is 0.140. The van der Waals surface area contributed by atoms with Gasteiger partial charge in [0.15, 0.2) is 0 Å². The fraction of sp³-hybridized carbons (Fsp3) is 0.636. The van der Waals surface area contributed by atoms with Gasteiger partial charge in [-0.05, 0) is 34.7 Å². The zero-order chi connectivity index (χ0) is 10.6. The highest BCUT2D eigenvalue weighted by Crippen LogP contribution is 2.34. The number of thiophene rings is 1. The molecule has 1 heterocycles. The Balaban J connectivity index is 2.61. The first-order valence-corrected chi connectivity index (χ1v) is 6.76. The van der Waals surface area contributed by atoms with Gasteiger partial charge in [0.1, 0.15) is 0 Å². The molecular weight excluding hydrogens is 260 g/mol. The normalized spacial score (nSPS) is 15.4. The predicted octanol–water partition coefficient (Wildman–Crippen LogP) is 4.30. The molecule has 14 heavy (non-hydrogen) atoms. The Labute approximate surface area is 98.3 Å². The lowest BCUT2D eigenvalue weighted by atomic mass is 9.92. The summed E-state index contributed by atoms with van der Waals surface area (Å²) in [4.78, 5) is 0. The van der Waals surface area contributed by atoms with Crippen LogP contribution in [0.2, 0.25) is 0 Å². The first-order valence-electron chi connectivity index (χ1n) is 5.02. The van der Waals surface area contributed by atoms with Crippen LogP contribution in [0.4, 0.5) is 0 Å². The molecule has 1 rings (SSSR count). The number of hydrogen-bond donors (Lipinski definition) is 1. The lowest BCUT2D eigenvalue weighted by Crippen LogP contribution is -2.20. The third-order valence-electron chi connectivity index (χ3n) is 2.46. The topological polar surface area (TPSA) is 20.2 Å². The van der Waals surface area contributed by atoms with Crippen molar-refractivity contribution in [3.63, 3.8) is 0 Å². The minimum absolute atomic E-state index is 0.673. The second-order valence-corrected chi connectivity index (χ2v) is 5.46. The van der Waals surface area contributed by atoms with E-state index in [0.29, 0.717) is 0 Å². The lowest BCUT2D eigenvalue weighted by molar-refractivity contribution is 0.0447. The SMILES string of the molecule is CCCCCC(C)(O)c1cscc1Br. The molecular formula is C11H17BrOS. The van der Waals surface area contributed by atoms with Crippen molar-refractivity contribution in [3.05, 3.63) is 20.8 Å². The number of rotatable bonds is 5. The standard InChI is InChI=1S/C11H17BrOS/c1-3-4-5-6-11(2,13)9-7-14-8-10(9)12/h7-8,13H,3-6H2,1-2H3. The minimum atomic E-state index is -0.673. The van der Waals surface area contributed by atoms with Gasteiger partial charge in [0.2, 0.25) is 0 Å². The maximum Gasteiger partial charge on any atom is 0.0887 e. The van der Waals surface area contributed by atoms with Gasteiger partial charge in [0.05, 0.1) is 5.60 Å². The van der Waals surface area contributed by atoms with Crippen LogP contribution in [0.5, 0.6) is 0 Å².